The lowest BCUT2D eigenvalue weighted by molar-refractivity contribution is -0.138. The molecule has 1 N–H and O–H groups in total. The molecule has 0 saturated carbocycles. The summed E-state index contributed by atoms with van der Waals surface area (Å²) < 4.78 is 39.0. The maximum absolute atomic E-state index is 12.7. The summed E-state index contributed by atoms with van der Waals surface area (Å²) in [4.78, 5) is 153. The zero-order valence-electron chi connectivity index (χ0n) is 60.0. The Morgan fingerprint density at radius 3 is 1.02 bits per heavy atom. The van der Waals surface area contributed by atoms with Crippen LogP contribution in [-0.2, 0) is 125 Å². The van der Waals surface area contributed by atoms with E-state index in [1.54, 1.807) is 46.7 Å². The molecule has 0 aliphatic heterocycles. The zero-order valence-corrected chi connectivity index (χ0v) is 60.0. The van der Waals surface area contributed by atoms with Crippen molar-refractivity contribution in [3.8, 4) is 0 Å². The van der Waals surface area contributed by atoms with Gasteiger partial charge >= 0.3 is 0 Å². The Bertz CT molecular complexity index is 2650. The molecule has 0 unspecified atom stereocenters. The van der Waals surface area contributed by atoms with Crippen molar-refractivity contribution in [3.05, 3.63) is 35.7 Å². The van der Waals surface area contributed by atoms with Crippen LogP contribution in [0.5, 0.6) is 0 Å². The fraction of sp³-hybridized carbons (Fsp3) is 0.735. The molecule has 32 heteroatoms. The lowest BCUT2D eigenvalue weighted by atomic mass is 10.1. The van der Waals surface area contributed by atoms with Crippen LogP contribution in [-0.4, -0.2) is 281 Å². The summed E-state index contributed by atoms with van der Waals surface area (Å²) in [7, 11) is 4.62. The molecule has 0 aliphatic carbocycles. The van der Waals surface area contributed by atoms with Crippen LogP contribution in [0.3, 0.4) is 0 Å². The Labute approximate surface area is 587 Å². The van der Waals surface area contributed by atoms with E-state index in [2.05, 4.69) is 36.3 Å². The van der Waals surface area contributed by atoms with Crippen molar-refractivity contribution < 1.29 is 86.0 Å². The van der Waals surface area contributed by atoms with Gasteiger partial charge in [-0.1, -0.05) is 15.6 Å². The fourth-order valence-electron chi connectivity index (χ4n) is 9.59. The smallest absolute Gasteiger partial charge is 0.248 e. The van der Waals surface area contributed by atoms with Crippen molar-refractivity contribution in [3.63, 3.8) is 0 Å². The molecule has 4 amide bonds. The molecule has 3 heterocycles. The number of carbonyl (C=O) groups excluding carboxylic acids is 12. The number of ketones is 8. The quantitative estimate of drug-likeness (QED) is 0.0793. The highest BCUT2D eigenvalue weighted by atomic mass is 16.5. The van der Waals surface area contributed by atoms with E-state index in [0.29, 0.717) is 162 Å². The third kappa shape index (κ3) is 44.5. The number of nitrogens with one attached hydrogen (secondary N) is 1. The van der Waals surface area contributed by atoms with Crippen LogP contribution in [0.4, 0.5) is 0 Å². The molecule has 3 rings (SSSR count). The van der Waals surface area contributed by atoms with Crippen LogP contribution >= 0.6 is 0 Å². The summed E-state index contributed by atoms with van der Waals surface area (Å²) in [5.41, 5.74) is 2.24. The van der Waals surface area contributed by atoms with E-state index in [0.717, 1.165) is 17.1 Å². The van der Waals surface area contributed by atoms with Crippen molar-refractivity contribution in [1.29, 1.82) is 0 Å². The highest BCUT2D eigenvalue weighted by molar-refractivity contribution is 5.88. The summed E-state index contributed by atoms with van der Waals surface area (Å²) in [6.45, 7) is 9.00. The van der Waals surface area contributed by atoms with Crippen LogP contribution in [0, 0.1) is 0 Å². The van der Waals surface area contributed by atoms with E-state index in [4.69, 9.17) is 28.4 Å². The second-order valence-corrected chi connectivity index (χ2v) is 25.0. The Morgan fingerprint density at radius 1 is 0.360 bits per heavy atom. The molecular weight excluding hydrogens is 1300 g/mol. The lowest BCUT2D eigenvalue weighted by Crippen LogP contribution is -2.36. The Kier molecular flexibility index (Phi) is 46.1. The summed E-state index contributed by atoms with van der Waals surface area (Å²) in [6.07, 6.45) is 14.9. The third-order valence-electron chi connectivity index (χ3n) is 15.7. The fourth-order valence-corrected chi connectivity index (χ4v) is 9.59. The molecule has 0 atom stereocenters. The zero-order chi connectivity index (χ0) is 73.1. The number of likely N-dealkylation sites (N-methyl/N-ethyl adjacent to an activating group) is 3. The van der Waals surface area contributed by atoms with E-state index in [-0.39, 0.29) is 194 Å². The first-order valence-electron chi connectivity index (χ1n) is 35.0. The van der Waals surface area contributed by atoms with E-state index in [1.807, 2.05) is 4.90 Å². The van der Waals surface area contributed by atoms with Gasteiger partial charge in [0, 0.05) is 169 Å². The second-order valence-electron chi connectivity index (χ2n) is 25.0. The van der Waals surface area contributed by atoms with Gasteiger partial charge < -0.3 is 62.8 Å². The summed E-state index contributed by atoms with van der Waals surface area (Å²) >= 11 is 0. The highest BCUT2D eigenvalue weighted by Gasteiger charge is 2.18. The van der Waals surface area contributed by atoms with Gasteiger partial charge in [-0.2, -0.15) is 0 Å². The van der Waals surface area contributed by atoms with Crippen molar-refractivity contribution in [2.24, 2.45) is 0 Å². The topological polar surface area (TPSA) is 377 Å². The normalized spacial score (nSPS) is 11.3. The van der Waals surface area contributed by atoms with Gasteiger partial charge in [-0.15, -0.1) is 15.3 Å². The average Bonchev–Trinajstić information content (AvgIpc) is 1.80. The first kappa shape index (κ1) is 86.6. The minimum absolute atomic E-state index is 0.0235. The van der Waals surface area contributed by atoms with Gasteiger partial charge in [-0.25, -0.2) is 0 Å². The minimum atomic E-state index is -0.365. The van der Waals surface area contributed by atoms with Crippen LogP contribution in [0.2, 0.25) is 0 Å². The first-order chi connectivity index (χ1) is 48.0. The largest absolute Gasteiger partial charge is 0.380 e. The second kappa shape index (κ2) is 53.3. The average molecular weight is 1410 g/mol. The van der Waals surface area contributed by atoms with Crippen LogP contribution < -0.4 is 5.32 Å². The predicted molar refractivity (Wildman–Crippen MR) is 363 cm³/mol. The van der Waals surface area contributed by atoms with Crippen molar-refractivity contribution in [2.45, 2.75) is 182 Å². The van der Waals surface area contributed by atoms with E-state index in [9.17, 15) is 57.5 Å². The number of hydrogen-bond acceptors (Lipinski definition) is 25. The number of hydrogen-bond donors (Lipinski definition) is 1. The summed E-state index contributed by atoms with van der Waals surface area (Å²) in [5.74, 6) is -1.32. The number of aromatic nitrogens is 9. The van der Waals surface area contributed by atoms with Gasteiger partial charge in [0.25, 0.3) is 0 Å². The van der Waals surface area contributed by atoms with Gasteiger partial charge in [0.1, 0.15) is 48.7 Å². The lowest BCUT2D eigenvalue weighted by Gasteiger charge is -2.22. The molecule has 3 aromatic rings. The monoisotopic (exact) mass is 1410 g/mol. The number of amides is 4. The predicted octanol–water partition coefficient (Wildman–Crippen LogP) is 2.41. The number of Topliss-reactive ketones (excluding diaryl/α,β-unsaturated/α-hetero) is 8. The van der Waals surface area contributed by atoms with Crippen LogP contribution in [0.1, 0.15) is 160 Å². The molecule has 100 heavy (non-hydrogen) atoms. The maximum Gasteiger partial charge on any atom is 0.248 e. The number of rotatable bonds is 65. The Balaban J connectivity index is 1.29. The van der Waals surface area contributed by atoms with E-state index < -0.39 is 0 Å². The van der Waals surface area contributed by atoms with E-state index in [1.165, 1.54) is 42.5 Å². The molecule has 0 aromatic carbocycles. The highest BCUT2D eigenvalue weighted by Crippen LogP contribution is 2.09. The van der Waals surface area contributed by atoms with Crippen molar-refractivity contribution in [1.82, 2.24) is 69.9 Å². The number of unbranched alkanes of at least 4 members (excludes halogenated alkanes) is 3. The molecule has 0 aliphatic rings. The summed E-state index contributed by atoms with van der Waals surface area (Å²) in [6, 6.07) is 0. The van der Waals surface area contributed by atoms with Crippen molar-refractivity contribution >= 4 is 69.9 Å². The van der Waals surface area contributed by atoms with Gasteiger partial charge in [0.2, 0.25) is 23.6 Å². The molecular formula is C68H110N14O18. The molecule has 0 bridgehead atoms. The molecule has 0 radical (unpaired) electrons. The number of nitrogens with zero attached hydrogens (tertiary/aromatic N) is 13. The Morgan fingerprint density at radius 2 is 0.680 bits per heavy atom. The molecule has 0 spiro atoms. The van der Waals surface area contributed by atoms with Gasteiger partial charge in [-0.3, -0.25) is 62.1 Å². The van der Waals surface area contributed by atoms with Crippen LogP contribution in [0.25, 0.3) is 0 Å². The minimum Gasteiger partial charge on any atom is -0.380 e. The molecule has 3 aromatic heterocycles. The van der Waals surface area contributed by atoms with E-state index >= 15 is 0 Å². The number of ether oxygens (including phenoxy) is 6. The maximum atomic E-state index is 12.7. The molecule has 0 saturated heterocycles. The standard InChI is InChI=1S/C68H110N14O18/c1-54(83)20-23-57-45-80(73-70-57)30-10-7-15-62(88)48-76(4)66(92)51-98-36-13-18-60(86)26-38-95-42-33-79(34-43-96-39-27-61(87)19-14-37-99-52-67(93)77(5)49-63(89)16-8-11-31-81-46-58(71-74-81)24-21-55(2)84)35-44-97-40-28-65(91)69-29-41-100-53-68(94)78(6)50-64(90)17-9-12-32-82-47-59(72-75-82)25-22-56(3)85/h45-47H,7-44,48-53H2,1-6H3,(H,69,91). The summed E-state index contributed by atoms with van der Waals surface area (Å²) in [5, 5.41) is 27.1. The van der Waals surface area contributed by atoms with Gasteiger partial charge in [-0.05, 0) is 91.4 Å². The Hall–Kier alpha value is -7.62. The first-order valence-corrected chi connectivity index (χ1v) is 35.0. The molecule has 32 nitrogen and oxygen atoms in total. The third-order valence-corrected chi connectivity index (χ3v) is 15.7. The van der Waals surface area contributed by atoms with Crippen LogP contribution in [0.15, 0.2) is 18.6 Å². The van der Waals surface area contributed by atoms with Gasteiger partial charge in [0.05, 0.1) is 83.0 Å². The van der Waals surface area contributed by atoms with Gasteiger partial charge in [0.15, 0.2) is 17.3 Å². The molecule has 0 fully saturated rings. The number of aryl methyl sites for hydroxylation is 6. The molecule has 560 valence electrons. The van der Waals surface area contributed by atoms with Crippen molar-refractivity contribution in [2.75, 3.05) is 146 Å². The number of carbonyl (C=O) groups is 12. The SMILES string of the molecule is CC(=O)CCc1cn(CCCCC(=O)CN(C)C(=O)COCCCC(=O)CCOCCN(CCOCCC(=O)CCCOCC(=O)N(C)CC(=O)CCCCn2cc(CCC(C)=O)nn2)CCOCCC(=O)NCCOCC(=O)N(C)CC(=O)CCCCn2cc(CCC(C)=O)nn2)nn1.